The fourth-order valence-electron chi connectivity index (χ4n) is 1.73. The molecule has 0 radical (unpaired) electrons. The lowest BCUT2D eigenvalue weighted by atomic mass is 10.2. The first-order valence-corrected chi connectivity index (χ1v) is 7.83. The van der Waals surface area contributed by atoms with E-state index in [1.807, 2.05) is 25.1 Å². The summed E-state index contributed by atoms with van der Waals surface area (Å²) in [7, 11) is 0. The van der Waals surface area contributed by atoms with E-state index >= 15 is 0 Å². The van der Waals surface area contributed by atoms with Crippen LogP contribution in [0.3, 0.4) is 0 Å². The van der Waals surface area contributed by atoms with Gasteiger partial charge in [-0.2, -0.15) is 0 Å². The topological polar surface area (TPSA) is 60.2 Å². The van der Waals surface area contributed by atoms with Crippen LogP contribution in [0, 0.1) is 0 Å². The van der Waals surface area contributed by atoms with Crippen molar-refractivity contribution in [1.82, 2.24) is 15.5 Å². The normalized spacial score (nSPS) is 11.1. The molecule has 2 aromatic rings. The fourth-order valence-corrected chi connectivity index (χ4v) is 2.11. The van der Waals surface area contributed by atoms with Gasteiger partial charge < -0.3 is 14.5 Å². The van der Waals surface area contributed by atoms with Crippen molar-refractivity contribution >= 4 is 15.9 Å². The Morgan fingerprint density at radius 2 is 2.05 bits per heavy atom. The third-order valence-electron chi connectivity index (χ3n) is 2.89. The second-order valence-electron chi connectivity index (χ2n) is 5.02. The molecule has 0 saturated heterocycles. The lowest BCUT2D eigenvalue weighted by molar-refractivity contribution is 0.259. The molecular formula is C15H20BrN3O2. The lowest BCUT2D eigenvalue weighted by Gasteiger charge is -2.11. The molecule has 1 aromatic heterocycles. The van der Waals surface area contributed by atoms with E-state index in [4.69, 9.17) is 9.15 Å². The van der Waals surface area contributed by atoms with Crippen molar-refractivity contribution in [2.75, 3.05) is 0 Å². The van der Waals surface area contributed by atoms with Crippen molar-refractivity contribution in [1.29, 1.82) is 0 Å². The van der Waals surface area contributed by atoms with Crippen molar-refractivity contribution in [3.05, 3.63) is 40.0 Å². The van der Waals surface area contributed by atoms with Crippen LogP contribution in [0.15, 0.2) is 27.1 Å². The summed E-state index contributed by atoms with van der Waals surface area (Å²) >= 11 is 3.55. The molecule has 0 spiro atoms. The van der Waals surface area contributed by atoms with Gasteiger partial charge in [-0.1, -0.05) is 36.7 Å². The average molecular weight is 354 g/mol. The zero-order valence-electron chi connectivity index (χ0n) is 12.5. The summed E-state index contributed by atoms with van der Waals surface area (Å²) in [6.45, 7) is 7.28. The number of nitrogens with zero attached hydrogens (tertiary/aromatic N) is 2. The Bertz CT molecular complexity index is 584. The summed E-state index contributed by atoms with van der Waals surface area (Å²) in [6, 6.07) is 6.35. The van der Waals surface area contributed by atoms with Crippen molar-refractivity contribution in [3.8, 4) is 5.75 Å². The van der Waals surface area contributed by atoms with Crippen LogP contribution in [0.1, 0.15) is 38.1 Å². The van der Waals surface area contributed by atoms with Gasteiger partial charge in [0.1, 0.15) is 5.75 Å². The van der Waals surface area contributed by atoms with E-state index in [-0.39, 0.29) is 6.61 Å². The number of rotatable bonds is 7. The Hall–Kier alpha value is -1.40. The predicted octanol–water partition coefficient (Wildman–Crippen LogP) is 3.47. The Morgan fingerprint density at radius 1 is 1.29 bits per heavy atom. The number of ether oxygens (including phenoxy) is 1. The number of benzene rings is 1. The van der Waals surface area contributed by atoms with Crippen molar-refractivity contribution in [3.63, 3.8) is 0 Å². The number of halogens is 1. The molecule has 0 fully saturated rings. The first-order valence-electron chi connectivity index (χ1n) is 7.04. The Labute approximate surface area is 133 Å². The fraction of sp³-hybridized carbons (Fsp3) is 0.467. The van der Waals surface area contributed by atoms with E-state index in [1.54, 1.807) is 0 Å². The molecule has 1 N–H and O–H groups in total. The first kappa shape index (κ1) is 16.0. The van der Waals surface area contributed by atoms with Gasteiger partial charge in [0.25, 0.3) is 5.89 Å². The number of hydrogen-bond donors (Lipinski definition) is 1. The van der Waals surface area contributed by atoms with Gasteiger partial charge in [0.2, 0.25) is 5.89 Å². The SMILES string of the molecule is CCc1nnc(COc2ccc(Br)c(CNC(C)C)c2)o1. The first-order chi connectivity index (χ1) is 10.1. The molecular weight excluding hydrogens is 334 g/mol. The second kappa shape index (κ2) is 7.56. The van der Waals surface area contributed by atoms with E-state index in [1.165, 1.54) is 0 Å². The molecule has 0 atom stereocenters. The van der Waals surface area contributed by atoms with E-state index in [0.717, 1.165) is 28.8 Å². The lowest BCUT2D eigenvalue weighted by Crippen LogP contribution is -2.22. The van der Waals surface area contributed by atoms with E-state index in [0.29, 0.717) is 17.8 Å². The van der Waals surface area contributed by atoms with Crippen LogP contribution >= 0.6 is 15.9 Å². The largest absolute Gasteiger partial charge is 0.484 e. The van der Waals surface area contributed by atoms with Gasteiger partial charge in [-0.3, -0.25) is 0 Å². The predicted molar refractivity (Wildman–Crippen MR) is 84.1 cm³/mol. The summed E-state index contributed by atoms with van der Waals surface area (Å²) in [5.74, 6) is 1.91. The number of hydrogen-bond acceptors (Lipinski definition) is 5. The maximum absolute atomic E-state index is 5.71. The molecule has 0 bridgehead atoms. The van der Waals surface area contributed by atoms with Crippen LogP contribution < -0.4 is 10.1 Å². The van der Waals surface area contributed by atoms with Gasteiger partial charge in [-0.05, 0) is 23.8 Å². The minimum Gasteiger partial charge on any atom is -0.484 e. The van der Waals surface area contributed by atoms with Gasteiger partial charge in [0, 0.05) is 23.5 Å². The molecule has 0 aliphatic rings. The third-order valence-corrected chi connectivity index (χ3v) is 3.67. The molecule has 1 aromatic carbocycles. The van der Waals surface area contributed by atoms with Gasteiger partial charge in [-0.25, -0.2) is 0 Å². The molecule has 21 heavy (non-hydrogen) atoms. The molecule has 0 saturated carbocycles. The number of aromatic nitrogens is 2. The summed E-state index contributed by atoms with van der Waals surface area (Å²) < 4.78 is 12.2. The monoisotopic (exact) mass is 353 g/mol. The number of aryl methyl sites for hydroxylation is 1. The molecule has 0 amide bonds. The van der Waals surface area contributed by atoms with Crippen molar-refractivity contribution in [2.24, 2.45) is 0 Å². The van der Waals surface area contributed by atoms with Crippen molar-refractivity contribution < 1.29 is 9.15 Å². The maximum atomic E-state index is 5.71. The summed E-state index contributed by atoms with van der Waals surface area (Å²) in [5, 5.41) is 11.2. The van der Waals surface area contributed by atoms with Crippen LogP contribution in [0.4, 0.5) is 0 Å². The highest BCUT2D eigenvalue weighted by Gasteiger charge is 2.07. The van der Waals surface area contributed by atoms with Gasteiger partial charge in [0.05, 0.1) is 0 Å². The van der Waals surface area contributed by atoms with E-state index < -0.39 is 0 Å². The van der Waals surface area contributed by atoms with Crippen LogP contribution in [0.25, 0.3) is 0 Å². The molecule has 6 heteroatoms. The Balaban J connectivity index is 1.98. The Morgan fingerprint density at radius 3 is 2.71 bits per heavy atom. The molecule has 2 rings (SSSR count). The van der Waals surface area contributed by atoms with Crippen LogP contribution in [-0.4, -0.2) is 16.2 Å². The average Bonchev–Trinajstić information content (AvgIpc) is 2.93. The van der Waals surface area contributed by atoms with Crippen LogP contribution in [0.2, 0.25) is 0 Å². The van der Waals surface area contributed by atoms with Gasteiger partial charge >= 0.3 is 0 Å². The molecule has 0 unspecified atom stereocenters. The zero-order chi connectivity index (χ0) is 15.2. The highest BCUT2D eigenvalue weighted by molar-refractivity contribution is 9.10. The molecule has 114 valence electrons. The molecule has 5 nitrogen and oxygen atoms in total. The zero-order valence-corrected chi connectivity index (χ0v) is 14.1. The van der Waals surface area contributed by atoms with Gasteiger partial charge in [0.15, 0.2) is 6.61 Å². The quantitative estimate of drug-likeness (QED) is 0.825. The summed E-state index contributed by atoms with van der Waals surface area (Å²) in [6.07, 6.45) is 0.732. The van der Waals surface area contributed by atoms with Crippen molar-refractivity contribution in [2.45, 2.75) is 46.4 Å². The Kier molecular flexibility index (Phi) is 5.76. The molecule has 1 heterocycles. The summed E-state index contributed by atoms with van der Waals surface area (Å²) in [5.41, 5.74) is 1.15. The number of nitrogens with one attached hydrogen (secondary N) is 1. The maximum Gasteiger partial charge on any atom is 0.253 e. The second-order valence-corrected chi connectivity index (χ2v) is 5.87. The highest BCUT2D eigenvalue weighted by Crippen LogP contribution is 2.23. The van der Waals surface area contributed by atoms with E-state index in [2.05, 4.69) is 45.3 Å². The molecule has 0 aliphatic heterocycles. The van der Waals surface area contributed by atoms with E-state index in [9.17, 15) is 0 Å². The van der Waals surface area contributed by atoms with Crippen LogP contribution in [0.5, 0.6) is 5.75 Å². The third kappa shape index (κ3) is 4.82. The minimum absolute atomic E-state index is 0.283. The summed E-state index contributed by atoms with van der Waals surface area (Å²) in [4.78, 5) is 0. The minimum atomic E-state index is 0.283. The standard InChI is InChI=1S/C15H20BrN3O2/c1-4-14-18-19-15(21-14)9-20-12-5-6-13(16)11(7-12)8-17-10(2)3/h5-7,10,17H,4,8-9H2,1-3H3. The van der Waals surface area contributed by atoms with Crippen LogP contribution in [-0.2, 0) is 19.6 Å². The highest BCUT2D eigenvalue weighted by atomic mass is 79.9. The smallest absolute Gasteiger partial charge is 0.253 e. The molecule has 0 aliphatic carbocycles. The van der Waals surface area contributed by atoms with Gasteiger partial charge in [-0.15, -0.1) is 10.2 Å².